The van der Waals surface area contributed by atoms with Gasteiger partial charge in [0.2, 0.25) is 0 Å². The summed E-state index contributed by atoms with van der Waals surface area (Å²) in [5.41, 5.74) is 0.0670. The highest BCUT2D eigenvalue weighted by Gasteiger charge is 2.25. The highest BCUT2D eigenvalue weighted by Crippen LogP contribution is 2.31. The van der Waals surface area contributed by atoms with E-state index in [1.807, 2.05) is 13.8 Å². The third-order valence-electron chi connectivity index (χ3n) is 3.23. The van der Waals surface area contributed by atoms with E-state index in [0.717, 1.165) is 12.8 Å². The summed E-state index contributed by atoms with van der Waals surface area (Å²) in [6, 6.07) is 0. The van der Waals surface area contributed by atoms with Gasteiger partial charge in [-0.15, -0.1) is 0 Å². The van der Waals surface area contributed by atoms with Gasteiger partial charge >= 0.3 is 5.97 Å². The van der Waals surface area contributed by atoms with E-state index in [2.05, 4.69) is 13.5 Å². The molecule has 0 aliphatic heterocycles. The lowest BCUT2D eigenvalue weighted by molar-refractivity contribution is -0.133. The second-order valence-electron chi connectivity index (χ2n) is 5.19. The van der Waals surface area contributed by atoms with Crippen LogP contribution in [0.1, 0.15) is 65.7 Å². The molecule has 0 rings (SSSR count). The van der Waals surface area contributed by atoms with Crippen LogP contribution in [0.4, 0.5) is 0 Å². The fourth-order valence-electron chi connectivity index (χ4n) is 1.79. The van der Waals surface area contributed by atoms with Gasteiger partial charge in [-0.3, -0.25) is 0 Å². The molecule has 0 saturated heterocycles. The standard InChI is InChI=1S/C14H26O2/c1-5-6-7-8-9-10-11-14(3,4)12(2)13(15)16/h2,5-11H2,1,3-4H3,(H,15,16). The minimum atomic E-state index is -0.865. The number of carboxylic acid groups (broad SMARTS) is 1. The molecule has 0 atom stereocenters. The third kappa shape index (κ3) is 5.94. The van der Waals surface area contributed by atoms with E-state index in [9.17, 15) is 4.79 Å². The van der Waals surface area contributed by atoms with E-state index in [1.165, 1.54) is 32.1 Å². The fraction of sp³-hybridized carbons (Fsp3) is 0.786. The lowest BCUT2D eigenvalue weighted by Gasteiger charge is -2.24. The van der Waals surface area contributed by atoms with Crippen LogP contribution in [0.2, 0.25) is 0 Å². The Kier molecular flexibility index (Phi) is 7.11. The van der Waals surface area contributed by atoms with Crippen molar-refractivity contribution in [3.8, 4) is 0 Å². The quantitative estimate of drug-likeness (QED) is 0.467. The Balaban J connectivity index is 3.74. The van der Waals surface area contributed by atoms with Gasteiger partial charge in [0.15, 0.2) is 0 Å². The molecule has 94 valence electrons. The topological polar surface area (TPSA) is 37.3 Å². The smallest absolute Gasteiger partial charge is 0.331 e. The van der Waals surface area contributed by atoms with Crippen LogP contribution < -0.4 is 0 Å². The van der Waals surface area contributed by atoms with Gasteiger partial charge in [0, 0.05) is 5.57 Å². The summed E-state index contributed by atoms with van der Waals surface area (Å²) >= 11 is 0. The highest BCUT2D eigenvalue weighted by molar-refractivity contribution is 5.87. The number of carboxylic acids is 1. The zero-order chi connectivity index (χ0) is 12.6. The number of unbranched alkanes of at least 4 members (excludes halogenated alkanes) is 5. The molecule has 0 fully saturated rings. The van der Waals surface area contributed by atoms with Gasteiger partial charge in [-0.1, -0.05) is 65.9 Å². The maximum atomic E-state index is 10.8. The predicted molar refractivity (Wildman–Crippen MR) is 68.5 cm³/mol. The monoisotopic (exact) mass is 226 g/mol. The summed E-state index contributed by atoms with van der Waals surface area (Å²) in [6.45, 7) is 9.80. The number of hydrogen-bond acceptors (Lipinski definition) is 1. The normalized spacial score (nSPS) is 11.4. The van der Waals surface area contributed by atoms with Crippen molar-refractivity contribution in [3.05, 3.63) is 12.2 Å². The van der Waals surface area contributed by atoms with Crippen LogP contribution in [0.25, 0.3) is 0 Å². The van der Waals surface area contributed by atoms with E-state index in [4.69, 9.17) is 5.11 Å². The third-order valence-corrected chi connectivity index (χ3v) is 3.23. The molecule has 1 N–H and O–H groups in total. The number of carbonyl (C=O) groups is 1. The number of aliphatic carboxylic acids is 1. The zero-order valence-corrected chi connectivity index (χ0v) is 11.0. The first-order chi connectivity index (χ1) is 7.41. The Hall–Kier alpha value is -0.790. The molecule has 0 heterocycles. The van der Waals surface area contributed by atoms with Crippen molar-refractivity contribution in [1.29, 1.82) is 0 Å². The Morgan fingerprint density at radius 1 is 1.12 bits per heavy atom. The van der Waals surface area contributed by atoms with Gasteiger partial charge < -0.3 is 5.11 Å². The Bertz CT molecular complexity index is 229. The van der Waals surface area contributed by atoms with Crippen molar-refractivity contribution in [3.63, 3.8) is 0 Å². The van der Waals surface area contributed by atoms with Crippen LogP contribution in [0.15, 0.2) is 12.2 Å². The van der Waals surface area contributed by atoms with Crippen LogP contribution in [-0.4, -0.2) is 11.1 Å². The summed E-state index contributed by atoms with van der Waals surface area (Å²) in [6.07, 6.45) is 8.37. The van der Waals surface area contributed by atoms with Crippen molar-refractivity contribution in [2.75, 3.05) is 0 Å². The number of rotatable bonds is 9. The lowest BCUT2D eigenvalue weighted by atomic mass is 9.80. The van der Waals surface area contributed by atoms with Gasteiger partial charge in [0.25, 0.3) is 0 Å². The summed E-state index contributed by atoms with van der Waals surface area (Å²) in [7, 11) is 0. The number of hydrogen-bond donors (Lipinski definition) is 1. The molecular weight excluding hydrogens is 200 g/mol. The first-order valence-corrected chi connectivity index (χ1v) is 6.34. The van der Waals surface area contributed by atoms with Crippen LogP contribution in [0.5, 0.6) is 0 Å². The van der Waals surface area contributed by atoms with Crippen molar-refractivity contribution >= 4 is 5.97 Å². The molecule has 0 bridgehead atoms. The van der Waals surface area contributed by atoms with E-state index < -0.39 is 5.97 Å². The minimum absolute atomic E-state index is 0.267. The SMILES string of the molecule is C=C(C(=O)O)C(C)(C)CCCCCCCC. The van der Waals surface area contributed by atoms with E-state index in [0.29, 0.717) is 5.57 Å². The summed E-state index contributed by atoms with van der Waals surface area (Å²) in [4.78, 5) is 10.8. The predicted octanol–water partition coefficient (Wildman–Crippen LogP) is 4.40. The summed E-state index contributed by atoms with van der Waals surface area (Å²) in [5, 5.41) is 8.89. The second kappa shape index (κ2) is 7.48. The Morgan fingerprint density at radius 3 is 2.12 bits per heavy atom. The van der Waals surface area contributed by atoms with Gasteiger partial charge in [-0.25, -0.2) is 4.79 Å². The van der Waals surface area contributed by atoms with Gasteiger partial charge in [0.05, 0.1) is 0 Å². The molecule has 0 aromatic rings. The molecule has 0 unspecified atom stereocenters. The molecule has 0 saturated carbocycles. The van der Waals surface area contributed by atoms with Gasteiger partial charge in [-0.2, -0.15) is 0 Å². The maximum Gasteiger partial charge on any atom is 0.331 e. The first-order valence-electron chi connectivity index (χ1n) is 6.34. The largest absolute Gasteiger partial charge is 0.478 e. The maximum absolute atomic E-state index is 10.8. The van der Waals surface area contributed by atoms with Gasteiger partial charge in [0.1, 0.15) is 0 Å². The first kappa shape index (κ1) is 15.2. The summed E-state index contributed by atoms with van der Waals surface area (Å²) < 4.78 is 0. The van der Waals surface area contributed by atoms with Crippen LogP contribution in [0, 0.1) is 5.41 Å². The summed E-state index contributed by atoms with van der Waals surface area (Å²) in [5.74, 6) is -0.865. The van der Waals surface area contributed by atoms with Crippen LogP contribution in [-0.2, 0) is 4.79 Å². The van der Waals surface area contributed by atoms with E-state index in [-0.39, 0.29) is 5.41 Å². The molecule has 0 aromatic heterocycles. The molecule has 2 heteroatoms. The van der Waals surface area contributed by atoms with Gasteiger partial charge in [-0.05, 0) is 11.8 Å². The highest BCUT2D eigenvalue weighted by atomic mass is 16.4. The minimum Gasteiger partial charge on any atom is -0.478 e. The Labute approximate surface area is 99.7 Å². The molecule has 0 radical (unpaired) electrons. The van der Waals surface area contributed by atoms with Crippen LogP contribution in [0.3, 0.4) is 0 Å². The fourth-order valence-corrected chi connectivity index (χ4v) is 1.79. The molecule has 16 heavy (non-hydrogen) atoms. The van der Waals surface area contributed by atoms with Crippen molar-refractivity contribution < 1.29 is 9.90 Å². The lowest BCUT2D eigenvalue weighted by Crippen LogP contribution is -2.20. The zero-order valence-electron chi connectivity index (χ0n) is 11.0. The van der Waals surface area contributed by atoms with E-state index >= 15 is 0 Å². The molecule has 0 amide bonds. The average Bonchev–Trinajstić information content (AvgIpc) is 2.22. The molecular formula is C14H26O2. The molecule has 2 nitrogen and oxygen atoms in total. The Morgan fingerprint density at radius 2 is 1.62 bits per heavy atom. The van der Waals surface area contributed by atoms with Crippen molar-refractivity contribution in [1.82, 2.24) is 0 Å². The van der Waals surface area contributed by atoms with Crippen molar-refractivity contribution in [2.45, 2.75) is 65.7 Å². The molecule has 0 spiro atoms. The molecule has 0 aliphatic rings. The molecule has 0 aliphatic carbocycles. The second-order valence-corrected chi connectivity index (χ2v) is 5.19. The van der Waals surface area contributed by atoms with E-state index in [1.54, 1.807) is 0 Å². The average molecular weight is 226 g/mol. The molecule has 0 aromatic carbocycles. The van der Waals surface area contributed by atoms with Crippen molar-refractivity contribution in [2.24, 2.45) is 5.41 Å². The van der Waals surface area contributed by atoms with Crippen LogP contribution >= 0.6 is 0 Å².